The molecule has 0 bridgehead atoms. The molecule has 1 aromatic rings. The summed E-state index contributed by atoms with van der Waals surface area (Å²) in [6.45, 7) is 6.27. The molecule has 0 fully saturated rings. The van der Waals surface area contributed by atoms with Crippen LogP contribution >= 0.6 is 0 Å². The van der Waals surface area contributed by atoms with Crippen molar-refractivity contribution in [2.24, 2.45) is 5.41 Å². The Balaban J connectivity index is 2.74. The fraction of sp³-hybridized carbons (Fsp3) is 0.538. The van der Waals surface area contributed by atoms with E-state index in [1.54, 1.807) is 0 Å². The molecule has 1 atom stereocenters. The summed E-state index contributed by atoms with van der Waals surface area (Å²) in [6, 6.07) is 3.66. The fourth-order valence-electron chi connectivity index (χ4n) is 1.69. The van der Waals surface area contributed by atoms with E-state index in [0.717, 1.165) is 12.1 Å². The van der Waals surface area contributed by atoms with Crippen LogP contribution in [0.25, 0.3) is 0 Å². The van der Waals surface area contributed by atoms with E-state index >= 15 is 0 Å². The van der Waals surface area contributed by atoms with Crippen LogP contribution in [0.15, 0.2) is 18.2 Å². The second-order valence-corrected chi connectivity index (χ2v) is 5.52. The summed E-state index contributed by atoms with van der Waals surface area (Å²) in [5, 5.41) is 22.9. The molecule has 0 heterocycles. The summed E-state index contributed by atoms with van der Waals surface area (Å²) < 4.78 is 13.4. The van der Waals surface area contributed by atoms with Gasteiger partial charge in [-0.3, -0.25) is 10.1 Å². The highest BCUT2D eigenvalue weighted by atomic mass is 19.1. The minimum absolute atomic E-state index is 0.0288. The lowest BCUT2D eigenvalue weighted by atomic mass is 9.87. The van der Waals surface area contributed by atoms with Gasteiger partial charge in [-0.05, 0) is 17.0 Å². The molecule has 106 valence electrons. The molecule has 0 aliphatic heterocycles. The molecule has 0 aromatic heterocycles. The van der Waals surface area contributed by atoms with Gasteiger partial charge in [0.25, 0.3) is 0 Å². The molecule has 0 saturated heterocycles. The average molecular weight is 270 g/mol. The Labute approximate surface area is 111 Å². The zero-order valence-corrected chi connectivity index (χ0v) is 11.3. The van der Waals surface area contributed by atoms with Gasteiger partial charge in [0.05, 0.1) is 11.5 Å². The molecule has 1 rings (SSSR count). The predicted molar refractivity (Wildman–Crippen MR) is 70.2 cm³/mol. The molecule has 1 unspecified atom stereocenters. The Bertz CT molecular complexity index is 458. The van der Waals surface area contributed by atoms with Crippen LogP contribution in [0.3, 0.4) is 0 Å². The van der Waals surface area contributed by atoms with Crippen molar-refractivity contribution in [3.8, 4) is 0 Å². The third-order valence-corrected chi connectivity index (χ3v) is 2.99. The maximum atomic E-state index is 13.4. The van der Waals surface area contributed by atoms with E-state index in [9.17, 15) is 19.6 Å². The van der Waals surface area contributed by atoms with Gasteiger partial charge in [-0.2, -0.15) is 4.39 Å². The Kier molecular flexibility index (Phi) is 4.97. The number of aliphatic hydroxyl groups is 1. The number of benzene rings is 1. The van der Waals surface area contributed by atoms with Crippen LogP contribution in [0, 0.1) is 21.3 Å². The van der Waals surface area contributed by atoms with E-state index in [4.69, 9.17) is 0 Å². The molecule has 6 heteroatoms. The zero-order chi connectivity index (χ0) is 14.6. The van der Waals surface area contributed by atoms with Crippen LogP contribution in [-0.4, -0.2) is 22.7 Å². The van der Waals surface area contributed by atoms with Crippen LogP contribution in [0.1, 0.15) is 26.3 Å². The number of rotatable bonds is 5. The Morgan fingerprint density at radius 3 is 2.53 bits per heavy atom. The highest BCUT2D eigenvalue weighted by molar-refractivity contribution is 5.34. The van der Waals surface area contributed by atoms with Crippen molar-refractivity contribution in [3.63, 3.8) is 0 Å². The van der Waals surface area contributed by atoms with Gasteiger partial charge in [-0.25, -0.2) is 0 Å². The van der Waals surface area contributed by atoms with Crippen LogP contribution in [-0.2, 0) is 6.54 Å². The van der Waals surface area contributed by atoms with E-state index in [1.165, 1.54) is 6.07 Å². The van der Waals surface area contributed by atoms with Gasteiger partial charge in [0.1, 0.15) is 0 Å². The third-order valence-electron chi connectivity index (χ3n) is 2.99. The van der Waals surface area contributed by atoms with Crippen LogP contribution in [0.5, 0.6) is 0 Å². The summed E-state index contributed by atoms with van der Waals surface area (Å²) >= 11 is 0. The fourth-order valence-corrected chi connectivity index (χ4v) is 1.69. The van der Waals surface area contributed by atoms with Crippen LogP contribution in [0.2, 0.25) is 0 Å². The van der Waals surface area contributed by atoms with Gasteiger partial charge >= 0.3 is 5.69 Å². The lowest BCUT2D eigenvalue weighted by Crippen LogP contribution is -2.42. The molecular formula is C13H19FN2O3. The number of aliphatic hydroxyl groups excluding tert-OH is 1. The standard InChI is InChI=1S/C13H19FN2O3/c1-13(2,3)12(8-17)15-7-9-4-5-11(16(18)19)10(14)6-9/h4-6,12,15,17H,7-8H2,1-3H3. The monoisotopic (exact) mass is 270 g/mol. The summed E-state index contributed by atoms with van der Waals surface area (Å²) in [4.78, 5) is 9.74. The highest BCUT2D eigenvalue weighted by Gasteiger charge is 2.23. The summed E-state index contributed by atoms with van der Waals surface area (Å²) in [5.41, 5.74) is -0.0577. The molecule has 0 spiro atoms. The van der Waals surface area contributed by atoms with Gasteiger partial charge in [0, 0.05) is 18.7 Å². The zero-order valence-electron chi connectivity index (χ0n) is 11.3. The van der Waals surface area contributed by atoms with Gasteiger partial charge in [-0.15, -0.1) is 0 Å². The van der Waals surface area contributed by atoms with Crippen molar-refractivity contribution in [2.45, 2.75) is 33.4 Å². The number of hydrogen-bond acceptors (Lipinski definition) is 4. The number of nitrogens with one attached hydrogen (secondary N) is 1. The van der Waals surface area contributed by atoms with E-state index in [1.807, 2.05) is 20.8 Å². The highest BCUT2D eigenvalue weighted by Crippen LogP contribution is 2.21. The van der Waals surface area contributed by atoms with Crippen molar-refractivity contribution in [2.75, 3.05) is 6.61 Å². The quantitative estimate of drug-likeness (QED) is 0.635. The number of nitro groups is 1. The first-order chi connectivity index (χ1) is 8.75. The number of nitro benzene ring substituents is 1. The second-order valence-electron chi connectivity index (χ2n) is 5.52. The summed E-state index contributed by atoms with van der Waals surface area (Å²) in [6.07, 6.45) is 0. The Morgan fingerprint density at radius 1 is 1.47 bits per heavy atom. The van der Waals surface area contributed by atoms with E-state index < -0.39 is 16.4 Å². The molecule has 5 nitrogen and oxygen atoms in total. The van der Waals surface area contributed by atoms with Gasteiger partial charge in [0.2, 0.25) is 5.82 Å². The first-order valence-electron chi connectivity index (χ1n) is 6.02. The molecule has 0 aliphatic carbocycles. The first kappa shape index (κ1) is 15.5. The second kappa shape index (κ2) is 6.08. The molecule has 0 aliphatic rings. The predicted octanol–water partition coefficient (Wildman–Crippen LogP) is 2.23. The largest absolute Gasteiger partial charge is 0.395 e. The van der Waals surface area contributed by atoms with Crippen molar-refractivity contribution >= 4 is 5.69 Å². The Morgan fingerprint density at radius 2 is 2.11 bits per heavy atom. The maximum absolute atomic E-state index is 13.4. The summed E-state index contributed by atoms with van der Waals surface area (Å²) in [7, 11) is 0. The molecule has 19 heavy (non-hydrogen) atoms. The minimum atomic E-state index is -0.847. The van der Waals surface area contributed by atoms with E-state index in [0.29, 0.717) is 12.1 Å². The SMILES string of the molecule is CC(C)(C)C(CO)NCc1ccc([N+](=O)[O-])c(F)c1. The van der Waals surface area contributed by atoms with Crippen molar-refractivity contribution in [1.29, 1.82) is 0 Å². The summed E-state index contributed by atoms with van der Waals surface area (Å²) in [5.74, 6) is -0.847. The molecular weight excluding hydrogens is 251 g/mol. The van der Waals surface area contributed by atoms with Gasteiger partial charge < -0.3 is 10.4 Å². The maximum Gasteiger partial charge on any atom is 0.304 e. The molecule has 2 N–H and O–H groups in total. The topological polar surface area (TPSA) is 75.4 Å². The van der Waals surface area contributed by atoms with Crippen molar-refractivity contribution in [3.05, 3.63) is 39.7 Å². The lowest BCUT2D eigenvalue weighted by Gasteiger charge is -2.30. The molecule has 0 saturated carbocycles. The van der Waals surface area contributed by atoms with E-state index in [2.05, 4.69) is 5.32 Å². The van der Waals surface area contributed by atoms with E-state index in [-0.39, 0.29) is 18.1 Å². The van der Waals surface area contributed by atoms with Crippen molar-refractivity contribution < 1.29 is 14.4 Å². The molecule has 0 radical (unpaired) electrons. The Hall–Kier alpha value is -1.53. The van der Waals surface area contributed by atoms with Crippen molar-refractivity contribution in [1.82, 2.24) is 5.32 Å². The third kappa shape index (κ3) is 4.25. The average Bonchev–Trinajstić information content (AvgIpc) is 2.27. The lowest BCUT2D eigenvalue weighted by molar-refractivity contribution is -0.387. The van der Waals surface area contributed by atoms with Crippen LogP contribution < -0.4 is 5.32 Å². The number of hydrogen-bond donors (Lipinski definition) is 2. The van der Waals surface area contributed by atoms with Gasteiger partial charge in [0.15, 0.2) is 0 Å². The smallest absolute Gasteiger partial charge is 0.304 e. The van der Waals surface area contributed by atoms with Gasteiger partial charge in [-0.1, -0.05) is 26.8 Å². The molecule has 1 aromatic carbocycles. The number of nitrogens with zero attached hydrogens (tertiary/aromatic N) is 1. The first-order valence-corrected chi connectivity index (χ1v) is 6.02. The normalized spacial score (nSPS) is 13.3. The van der Waals surface area contributed by atoms with Crippen LogP contribution in [0.4, 0.5) is 10.1 Å². The minimum Gasteiger partial charge on any atom is -0.395 e. The molecule has 0 amide bonds. The number of halogens is 1.